The van der Waals surface area contributed by atoms with Crippen LogP contribution in [-0.2, 0) is 14.4 Å². The van der Waals surface area contributed by atoms with E-state index >= 15 is 0 Å². The number of carboxylic acids is 1. The standard InChI is InChI=1S/C11H18O4.Na/c1-10(2,3)7(12)6-8(13)11(4,5)9(14)15;/h6H2,1-5H3,(H,14,15);/q;+1/p-1. The number of hydrogen-bond donors (Lipinski definition) is 0. The van der Waals surface area contributed by atoms with Gasteiger partial charge in [0.15, 0.2) is 5.78 Å². The molecule has 16 heavy (non-hydrogen) atoms. The van der Waals surface area contributed by atoms with Crippen LogP contribution in [0.3, 0.4) is 0 Å². The zero-order valence-corrected chi connectivity index (χ0v) is 12.8. The fraction of sp³-hybridized carbons (Fsp3) is 0.727. The normalized spacial score (nSPS) is 11.6. The molecule has 0 saturated heterocycles. The molecule has 0 atom stereocenters. The molecule has 0 saturated carbocycles. The Morgan fingerprint density at radius 1 is 0.938 bits per heavy atom. The number of hydrogen-bond acceptors (Lipinski definition) is 4. The van der Waals surface area contributed by atoms with Crippen LogP contribution >= 0.6 is 0 Å². The van der Waals surface area contributed by atoms with Crippen LogP contribution in [0.5, 0.6) is 0 Å². The van der Waals surface area contributed by atoms with Crippen molar-refractivity contribution in [3.8, 4) is 0 Å². The van der Waals surface area contributed by atoms with E-state index < -0.39 is 22.6 Å². The Labute approximate surface area is 118 Å². The van der Waals surface area contributed by atoms with Gasteiger partial charge in [-0.25, -0.2) is 0 Å². The summed E-state index contributed by atoms with van der Waals surface area (Å²) in [5.41, 5.74) is -2.22. The van der Waals surface area contributed by atoms with Crippen LogP contribution in [0.2, 0.25) is 0 Å². The fourth-order valence-corrected chi connectivity index (χ4v) is 0.746. The predicted molar refractivity (Wildman–Crippen MR) is 52.9 cm³/mol. The van der Waals surface area contributed by atoms with Crippen LogP contribution in [0, 0.1) is 10.8 Å². The molecule has 0 bridgehead atoms. The van der Waals surface area contributed by atoms with Crippen LogP contribution < -0.4 is 34.7 Å². The fourth-order valence-electron chi connectivity index (χ4n) is 0.746. The Bertz CT molecular complexity index is 300. The molecular weight excluding hydrogens is 219 g/mol. The Balaban J connectivity index is 0. The van der Waals surface area contributed by atoms with Crippen molar-refractivity contribution >= 4 is 17.5 Å². The van der Waals surface area contributed by atoms with Crippen LogP contribution in [0.15, 0.2) is 0 Å². The number of ketones is 2. The molecular formula is C11H17NaO4. The summed E-state index contributed by atoms with van der Waals surface area (Å²) in [6.07, 6.45) is -0.357. The zero-order valence-electron chi connectivity index (χ0n) is 10.8. The molecule has 0 rings (SSSR count). The molecule has 86 valence electrons. The second-order valence-electron chi connectivity index (χ2n) is 5.19. The number of aliphatic carboxylic acids is 1. The molecule has 0 aliphatic rings. The van der Waals surface area contributed by atoms with Gasteiger partial charge >= 0.3 is 29.6 Å². The molecule has 0 N–H and O–H groups in total. The van der Waals surface area contributed by atoms with Crippen molar-refractivity contribution in [3.05, 3.63) is 0 Å². The quantitative estimate of drug-likeness (QED) is 0.394. The van der Waals surface area contributed by atoms with Gasteiger partial charge in [0, 0.05) is 5.41 Å². The Morgan fingerprint density at radius 3 is 1.56 bits per heavy atom. The first-order chi connectivity index (χ1) is 6.49. The van der Waals surface area contributed by atoms with E-state index in [2.05, 4.69) is 0 Å². The molecule has 0 fully saturated rings. The second kappa shape index (κ2) is 5.94. The van der Waals surface area contributed by atoms with E-state index in [-0.39, 0.29) is 41.8 Å². The Morgan fingerprint density at radius 2 is 1.31 bits per heavy atom. The van der Waals surface area contributed by atoms with Gasteiger partial charge in [-0.05, 0) is 13.8 Å². The minimum Gasteiger partial charge on any atom is -0.549 e. The number of carboxylic acid groups (broad SMARTS) is 1. The van der Waals surface area contributed by atoms with Gasteiger partial charge in [0.25, 0.3) is 0 Å². The molecule has 0 aromatic rings. The van der Waals surface area contributed by atoms with Crippen molar-refractivity contribution in [1.29, 1.82) is 0 Å². The third kappa shape index (κ3) is 4.76. The molecule has 0 aromatic carbocycles. The summed E-state index contributed by atoms with van der Waals surface area (Å²) in [7, 11) is 0. The first-order valence-electron chi connectivity index (χ1n) is 4.77. The molecule has 0 aliphatic carbocycles. The van der Waals surface area contributed by atoms with Crippen LogP contribution in [-0.4, -0.2) is 17.5 Å². The average molecular weight is 236 g/mol. The summed E-state index contributed by atoms with van der Waals surface area (Å²) >= 11 is 0. The van der Waals surface area contributed by atoms with Gasteiger partial charge in [-0.1, -0.05) is 20.8 Å². The summed E-state index contributed by atoms with van der Waals surface area (Å²) in [5.74, 6) is -2.32. The average Bonchev–Trinajstić information content (AvgIpc) is 2.01. The van der Waals surface area contributed by atoms with Crippen molar-refractivity contribution in [2.75, 3.05) is 0 Å². The summed E-state index contributed by atoms with van der Waals surface area (Å²) in [6.45, 7) is 7.57. The number of rotatable bonds is 4. The molecule has 4 nitrogen and oxygen atoms in total. The van der Waals surface area contributed by atoms with E-state index in [1.54, 1.807) is 20.8 Å². The van der Waals surface area contributed by atoms with Crippen molar-refractivity contribution in [3.63, 3.8) is 0 Å². The molecule has 0 heterocycles. The third-order valence-corrected chi connectivity index (χ3v) is 2.37. The molecule has 5 heteroatoms. The topological polar surface area (TPSA) is 74.3 Å². The van der Waals surface area contributed by atoms with E-state index in [1.165, 1.54) is 13.8 Å². The van der Waals surface area contributed by atoms with Gasteiger partial charge in [0.1, 0.15) is 5.78 Å². The van der Waals surface area contributed by atoms with Gasteiger partial charge in [0.05, 0.1) is 17.8 Å². The van der Waals surface area contributed by atoms with Crippen LogP contribution in [0.1, 0.15) is 41.0 Å². The summed E-state index contributed by atoms with van der Waals surface area (Å²) < 4.78 is 0. The molecule has 0 unspecified atom stereocenters. The smallest absolute Gasteiger partial charge is 0.549 e. The molecule has 0 amide bonds. The minimum absolute atomic E-state index is 0. The van der Waals surface area contributed by atoms with E-state index in [1.807, 2.05) is 0 Å². The van der Waals surface area contributed by atoms with Crippen molar-refractivity contribution in [2.24, 2.45) is 10.8 Å². The summed E-state index contributed by atoms with van der Waals surface area (Å²) in [5, 5.41) is 10.7. The maximum Gasteiger partial charge on any atom is 1.00 e. The molecule has 0 spiro atoms. The van der Waals surface area contributed by atoms with E-state index in [9.17, 15) is 19.5 Å². The third-order valence-electron chi connectivity index (χ3n) is 2.37. The first-order valence-corrected chi connectivity index (χ1v) is 4.77. The summed E-state index contributed by atoms with van der Waals surface area (Å²) in [6, 6.07) is 0. The molecule has 0 aliphatic heterocycles. The number of carbonyl (C=O) groups is 3. The van der Waals surface area contributed by atoms with Crippen LogP contribution in [0.25, 0.3) is 0 Å². The number of Topliss-reactive ketones (excluding diaryl/α,β-unsaturated/α-hetero) is 2. The van der Waals surface area contributed by atoms with Crippen molar-refractivity contribution in [1.82, 2.24) is 0 Å². The summed E-state index contributed by atoms with van der Waals surface area (Å²) in [4.78, 5) is 33.7. The van der Waals surface area contributed by atoms with Gasteiger partial charge in [-0.15, -0.1) is 0 Å². The second-order valence-corrected chi connectivity index (χ2v) is 5.19. The maximum absolute atomic E-state index is 11.5. The number of carbonyl (C=O) groups excluding carboxylic acids is 3. The van der Waals surface area contributed by atoms with E-state index in [0.29, 0.717) is 0 Å². The van der Waals surface area contributed by atoms with Crippen molar-refractivity contribution in [2.45, 2.75) is 41.0 Å². The zero-order chi connectivity index (χ0) is 12.4. The van der Waals surface area contributed by atoms with E-state index in [0.717, 1.165) is 0 Å². The first kappa shape index (κ1) is 18.2. The molecule has 0 radical (unpaired) electrons. The predicted octanol–water partition coefficient (Wildman–Crippen LogP) is -2.66. The molecule has 0 aromatic heterocycles. The van der Waals surface area contributed by atoms with Crippen molar-refractivity contribution < 1.29 is 49.0 Å². The Kier molecular flexibility index (Phi) is 6.75. The maximum atomic E-state index is 11.5. The minimum atomic E-state index is -1.60. The van der Waals surface area contributed by atoms with Gasteiger partial charge < -0.3 is 9.90 Å². The van der Waals surface area contributed by atoms with Gasteiger partial charge in [-0.3, -0.25) is 9.59 Å². The monoisotopic (exact) mass is 236 g/mol. The SMILES string of the molecule is CC(C)(C)C(=O)CC(=O)C(C)(C)C(=O)[O-].[Na+]. The van der Waals surface area contributed by atoms with E-state index in [4.69, 9.17) is 0 Å². The van der Waals surface area contributed by atoms with Gasteiger partial charge in [-0.2, -0.15) is 0 Å². The Hall–Kier alpha value is -0.190. The van der Waals surface area contributed by atoms with Crippen LogP contribution in [0.4, 0.5) is 0 Å². The largest absolute Gasteiger partial charge is 1.00 e. The van der Waals surface area contributed by atoms with Gasteiger partial charge in [0.2, 0.25) is 0 Å².